The lowest BCUT2D eigenvalue weighted by Gasteiger charge is -2.34. The van der Waals surface area contributed by atoms with Crippen molar-refractivity contribution in [2.75, 3.05) is 52.9 Å². The molecule has 0 aromatic heterocycles. The van der Waals surface area contributed by atoms with E-state index in [9.17, 15) is 4.79 Å². The number of amides is 1. The number of benzene rings is 1. The number of hydrogen-bond acceptors (Lipinski definition) is 4. The quantitative estimate of drug-likeness (QED) is 0.558. The summed E-state index contributed by atoms with van der Waals surface area (Å²) in [5, 5.41) is 6.68. The van der Waals surface area contributed by atoms with Gasteiger partial charge in [0.15, 0.2) is 5.96 Å². The predicted molar refractivity (Wildman–Crippen MR) is 105 cm³/mol. The molecule has 2 N–H and O–H groups in total. The number of aliphatic imine (C=N–C) groups is 1. The van der Waals surface area contributed by atoms with E-state index in [0.29, 0.717) is 13.2 Å². The molecule has 1 heterocycles. The molecule has 0 spiro atoms. The number of rotatable bonds is 7. The Morgan fingerprint density at radius 1 is 1.19 bits per heavy atom. The van der Waals surface area contributed by atoms with Crippen molar-refractivity contribution >= 4 is 11.9 Å². The fraction of sp³-hybridized carbons (Fsp3) is 0.579. The molecule has 0 atom stereocenters. The van der Waals surface area contributed by atoms with Gasteiger partial charge in [-0.2, -0.15) is 0 Å². The highest BCUT2D eigenvalue weighted by Gasteiger charge is 2.17. The minimum atomic E-state index is 0.166. The van der Waals surface area contributed by atoms with Gasteiger partial charge in [-0.05, 0) is 13.0 Å². The van der Waals surface area contributed by atoms with Gasteiger partial charge in [0.1, 0.15) is 5.75 Å². The molecule has 0 aliphatic carbocycles. The van der Waals surface area contributed by atoms with E-state index in [1.807, 2.05) is 30.0 Å². The van der Waals surface area contributed by atoms with Gasteiger partial charge in [-0.3, -0.25) is 14.7 Å². The van der Waals surface area contributed by atoms with Crippen molar-refractivity contribution < 1.29 is 9.53 Å². The smallest absolute Gasteiger partial charge is 0.219 e. The average Bonchev–Trinajstić information content (AvgIpc) is 2.66. The highest BCUT2D eigenvalue weighted by atomic mass is 16.5. The zero-order chi connectivity index (χ0) is 18.8. The summed E-state index contributed by atoms with van der Waals surface area (Å²) in [7, 11) is 1.77. The van der Waals surface area contributed by atoms with Crippen LogP contribution in [0.15, 0.2) is 29.3 Å². The van der Waals surface area contributed by atoms with E-state index in [4.69, 9.17) is 4.74 Å². The van der Waals surface area contributed by atoms with E-state index in [-0.39, 0.29) is 5.91 Å². The Morgan fingerprint density at radius 3 is 2.58 bits per heavy atom. The molecule has 0 radical (unpaired) electrons. The minimum absolute atomic E-state index is 0.166. The van der Waals surface area contributed by atoms with Crippen molar-refractivity contribution in [3.05, 3.63) is 29.8 Å². The van der Waals surface area contributed by atoms with Crippen LogP contribution in [0.25, 0.3) is 0 Å². The van der Waals surface area contributed by atoms with Crippen LogP contribution in [0.2, 0.25) is 0 Å². The van der Waals surface area contributed by atoms with Gasteiger partial charge < -0.3 is 20.3 Å². The monoisotopic (exact) mass is 361 g/mol. The van der Waals surface area contributed by atoms with Crippen molar-refractivity contribution in [2.24, 2.45) is 4.99 Å². The summed E-state index contributed by atoms with van der Waals surface area (Å²) in [4.78, 5) is 19.9. The van der Waals surface area contributed by atoms with Crippen molar-refractivity contribution in [3.8, 4) is 5.75 Å². The lowest BCUT2D eigenvalue weighted by atomic mass is 10.2. The zero-order valence-corrected chi connectivity index (χ0v) is 16.1. The molecule has 2 rings (SSSR count). The lowest BCUT2D eigenvalue weighted by Crippen LogP contribution is -2.50. The van der Waals surface area contributed by atoms with E-state index in [1.54, 1.807) is 14.0 Å². The first-order chi connectivity index (χ1) is 12.6. The van der Waals surface area contributed by atoms with Crippen molar-refractivity contribution in [3.63, 3.8) is 0 Å². The zero-order valence-electron chi connectivity index (χ0n) is 16.1. The van der Waals surface area contributed by atoms with Crippen LogP contribution in [-0.4, -0.2) is 74.6 Å². The van der Waals surface area contributed by atoms with Gasteiger partial charge in [-0.1, -0.05) is 18.2 Å². The Bertz CT molecular complexity index is 597. The fourth-order valence-electron chi connectivity index (χ4n) is 2.96. The van der Waals surface area contributed by atoms with E-state index < -0.39 is 0 Å². The predicted octanol–water partition coefficient (Wildman–Crippen LogP) is 0.914. The largest absolute Gasteiger partial charge is 0.494 e. The van der Waals surface area contributed by atoms with Gasteiger partial charge in [0.2, 0.25) is 5.91 Å². The molecule has 1 fully saturated rings. The molecule has 1 aliphatic heterocycles. The first-order valence-electron chi connectivity index (χ1n) is 9.27. The Hall–Kier alpha value is -2.28. The van der Waals surface area contributed by atoms with Crippen LogP contribution in [0.1, 0.15) is 19.4 Å². The highest BCUT2D eigenvalue weighted by Crippen LogP contribution is 2.17. The van der Waals surface area contributed by atoms with Crippen LogP contribution in [-0.2, 0) is 11.3 Å². The summed E-state index contributed by atoms with van der Waals surface area (Å²) in [6.45, 7) is 10.2. The summed E-state index contributed by atoms with van der Waals surface area (Å²) < 4.78 is 5.65. The van der Waals surface area contributed by atoms with Crippen LogP contribution < -0.4 is 15.4 Å². The molecule has 7 nitrogen and oxygen atoms in total. The standard InChI is InChI=1S/C19H31N5O2/c1-4-26-18-8-6-5-7-17(18)15-22-19(20-3)21-9-10-23-11-13-24(14-12-23)16(2)25/h5-8H,4,9-15H2,1-3H3,(H2,20,21,22). The molecule has 0 bridgehead atoms. The molecule has 1 aliphatic rings. The third-order valence-corrected chi connectivity index (χ3v) is 4.48. The van der Waals surface area contributed by atoms with Crippen LogP contribution in [0.4, 0.5) is 0 Å². The minimum Gasteiger partial charge on any atom is -0.494 e. The first-order valence-corrected chi connectivity index (χ1v) is 9.27. The Labute approximate surface area is 156 Å². The highest BCUT2D eigenvalue weighted by molar-refractivity contribution is 5.79. The summed E-state index contributed by atoms with van der Waals surface area (Å²) in [5.41, 5.74) is 1.11. The van der Waals surface area contributed by atoms with Gasteiger partial charge >= 0.3 is 0 Å². The van der Waals surface area contributed by atoms with Crippen molar-refractivity contribution in [1.29, 1.82) is 0 Å². The number of nitrogens with zero attached hydrogens (tertiary/aromatic N) is 3. The van der Waals surface area contributed by atoms with E-state index >= 15 is 0 Å². The van der Waals surface area contributed by atoms with Crippen LogP contribution in [0.3, 0.4) is 0 Å². The van der Waals surface area contributed by atoms with E-state index in [1.165, 1.54) is 0 Å². The molecule has 26 heavy (non-hydrogen) atoms. The first kappa shape index (κ1) is 20.0. The second-order valence-electron chi connectivity index (χ2n) is 6.24. The Balaban J connectivity index is 1.71. The summed E-state index contributed by atoms with van der Waals surface area (Å²) in [6, 6.07) is 8.03. The van der Waals surface area contributed by atoms with Crippen LogP contribution in [0.5, 0.6) is 5.75 Å². The number of para-hydroxylation sites is 1. The van der Waals surface area contributed by atoms with Gasteiger partial charge in [-0.15, -0.1) is 0 Å². The molecule has 0 unspecified atom stereocenters. The summed E-state index contributed by atoms with van der Waals surface area (Å²) in [5.74, 6) is 1.85. The van der Waals surface area contributed by atoms with Crippen molar-refractivity contribution in [2.45, 2.75) is 20.4 Å². The number of ether oxygens (including phenoxy) is 1. The molecule has 1 saturated heterocycles. The van der Waals surface area contributed by atoms with Gasteiger partial charge in [0.05, 0.1) is 6.61 Å². The number of carbonyl (C=O) groups excluding carboxylic acids is 1. The molecular weight excluding hydrogens is 330 g/mol. The molecule has 1 aromatic carbocycles. The molecule has 1 amide bonds. The average molecular weight is 361 g/mol. The number of guanidine groups is 1. The summed E-state index contributed by atoms with van der Waals surface area (Å²) >= 11 is 0. The molecule has 0 saturated carbocycles. The number of hydrogen-bond donors (Lipinski definition) is 2. The molecular formula is C19H31N5O2. The normalized spacial score (nSPS) is 15.7. The van der Waals surface area contributed by atoms with Gasteiger partial charge in [-0.25, -0.2) is 0 Å². The maximum Gasteiger partial charge on any atom is 0.219 e. The second-order valence-corrected chi connectivity index (χ2v) is 6.24. The SMILES string of the molecule is CCOc1ccccc1CNC(=NC)NCCN1CCN(C(C)=O)CC1. The molecule has 7 heteroatoms. The van der Waals surface area contributed by atoms with E-state index in [2.05, 4.69) is 26.6 Å². The molecule has 1 aromatic rings. The maximum absolute atomic E-state index is 11.4. The molecule has 144 valence electrons. The van der Waals surface area contributed by atoms with Crippen LogP contribution in [0, 0.1) is 0 Å². The Morgan fingerprint density at radius 2 is 1.92 bits per heavy atom. The maximum atomic E-state index is 11.4. The third kappa shape index (κ3) is 6.22. The third-order valence-electron chi connectivity index (χ3n) is 4.48. The van der Waals surface area contributed by atoms with Crippen molar-refractivity contribution in [1.82, 2.24) is 20.4 Å². The summed E-state index contributed by atoms with van der Waals surface area (Å²) in [6.07, 6.45) is 0. The topological polar surface area (TPSA) is 69.2 Å². The van der Waals surface area contributed by atoms with Crippen LogP contribution >= 0.6 is 0 Å². The number of carbonyl (C=O) groups is 1. The fourth-order valence-corrected chi connectivity index (χ4v) is 2.96. The number of nitrogens with one attached hydrogen (secondary N) is 2. The van der Waals surface area contributed by atoms with Gasteiger partial charge in [0.25, 0.3) is 0 Å². The Kier molecular flexibility index (Phi) is 8.21. The van der Waals surface area contributed by atoms with E-state index in [0.717, 1.165) is 56.5 Å². The second kappa shape index (κ2) is 10.7. The van der Waals surface area contributed by atoms with Gasteiger partial charge in [0, 0.05) is 65.3 Å². The number of piperazine rings is 1. The lowest BCUT2D eigenvalue weighted by molar-refractivity contribution is -0.130.